The van der Waals surface area contributed by atoms with E-state index in [9.17, 15) is 19.6 Å². The van der Waals surface area contributed by atoms with Gasteiger partial charge in [0.25, 0.3) is 5.91 Å². The highest BCUT2D eigenvalue weighted by molar-refractivity contribution is 7.10. The normalized spacial score (nSPS) is 21.8. The summed E-state index contributed by atoms with van der Waals surface area (Å²) in [5.41, 5.74) is 3.22. The first-order valence-electron chi connectivity index (χ1n) is 14.5. The number of hydrogen-bond acceptors (Lipinski definition) is 6. The van der Waals surface area contributed by atoms with Crippen LogP contribution in [-0.4, -0.2) is 59.6 Å². The van der Waals surface area contributed by atoms with Gasteiger partial charge in [0.1, 0.15) is 6.04 Å². The Morgan fingerprint density at radius 3 is 2.19 bits per heavy atom. The molecular formula is C35H32N4O3S. The number of likely N-dealkylation sites (tertiary alicyclic amines) is 1. The van der Waals surface area contributed by atoms with Gasteiger partial charge >= 0.3 is 0 Å². The Morgan fingerprint density at radius 1 is 0.860 bits per heavy atom. The molecule has 0 saturated carbocycles. The van der Waals surface area contributed by atoms with Crippen molar-refractivity contribution in [2.24, 2.45) is 5.92 Å². The number of ketones is 1. The third kappa shape index (κ3) is 5.50. The summed E-state index contributed by atoms with van der Waals surface area (Å²) in [7, 11) is 0. The van der Waals surface area contributed by atoms with Crippen molar-refractivity contribution in [1.29, 1.82) is 5.26 Å². The number of carbonyl (C=O) groups is 3. The van der Waals surface area contributed by atoms with E-state index in [-0.39, 0.29) is 17.6 Å². The van der Waals surface area contributed by atoms with Gasteiger partial charge in [0.2, 0.25) is 5.91 Å². The number of rotatable bonds is 6. The molecule has 4 unspecified atom stereocenters. The first-order valence-corrected chi connectivity index (χ1v) is 15.4. The van der Waals surface area contributed by atoms with Gasteiger partial charge in [-0.15, -0.1) is 11.3 Å². The highest BCUT2D eigenvalue weighted by Gasteiger charge is 2.58. The lowest BCUT2D eigenvalue weighted by atomic mass is 9.78. The number of amides is 2. The number of aryl methyl sites for hydroxylation is 1. The standard InChI is InChI=1S/C35H32N4O3S/c1-23-9-13-26(14-10-23)33(40)30-29(28-8-5-21-43-28)32(35(42)38-19-17-37-18-20-38)39(34(41)27-6-3-2-4-7-27)31(30)25-15-11-24(22-36)12-16-25/h2-16,21,29-32,37H,17-20H2,1H3. The molecule has 0 aliphatic carbocycles. The van der Waals surface area contributed by atoms with Crippen LogP contribution in [0.5, 0.6) is 0 Å². The number of nitrogens with one attached hydrogen (secondary N) is 1. The molecular weight excluding hydrogens is 556 g/mol. The van der Waals surface area contributed by atoms with E-state index < -0.39 is 23.9 Å². The van der Waals surface area contributed by atoms with Crippen LogP contribution in [0.4, 0.5) is 0 Å². The van der Waals surface area contributed by atoms with E-state index in [0.29, 0.717) is 48.4 Å². The fraction of sp³-hybridized carbons (Fsp3) is 0.257. The van der Waals surface area contributed by atoms with Crippen LogP contribution in [0, 0.1) is 24.2 Å². The number of Topliss-reactive ketones (excluding diaryl/α,β-unsaturated/α-hetero) is 1. The maximum absolute atomic E-state index is 14.7. The molecule has 3 heterocycles. The molecule has 2 fully saturated rings. The van der Waals surface area contributed by atoms with E-state index >= 15 is 0 Å². The SMILES string of the molecule is Cc1ccc(C(=O)C2C(c3cccs3)C(C(=O)N3CCNCC3)N(C(=O)c3ccccc3)C2c2ccc(C#N)cc2)cc1. The fourth-order valence-electron chi connectivity index (χ4n) is 6.39. The minimum absolute atomic E-state index is 0.116. The van der Waals surface area contributed by atoms with E-state index in [1.165, 1.54) is 11.3 Å². The van der Waals surface area contributed by atoms with Crippen LogP contribution < -0.4 is 5.32 Å². The second-order valence-corrected chi connectivity index (χ2v) is 12.1. The zero-order chi connectivity index (χ0) is 29.9. The smallest absolute Gasteiger partial charge is 0.255 e. The van der Waals surface area contributed by atoms with E-state index in [4.69, 9.17) is 0 Å². The first kappa shape index (κ1) is 28.5. The van der Waals surface area contributed by atoms with Crippen LogP contribution in [-0.2, 0) is 4.79 Å². The Kier molecular flexibility index (Phi) is 8.19. The van der Waals surface area contributed by atoms with Crippen LogP contribution in [0.2, 0.25) is 0 Å². The van der Waals surface area contributed by atoms with Gasteiger partial charge < -0.3 is 15.1 Å². The molecule has 4 atom stereocenters. The lowest BCUT2D eigenvalue weighted by molar-refractivity contribution is -0.136. The van der Waals surface area contributed by atoms with E-state index in [2.05, 4.69) is 11.4 Å². The number of nitrogens with zero attached hydrogens (tertiary/aromatic N) is 3. The summed E-state index contributed by atoms with van der Waals surface area (Å²) in [6.07, 6.45) is 0. The molecule has 216 valence electrons. The Bertz CT molecular complexity index is 1640. The molecule has 2 aliphatic heterocycles. The van der Waals surface area contributed by atoms with Gasteiger partial charge in [0, 0.05) is 48.1 Å². The summed E-state index contributed by atoms with van der Waals surface area (Å²) in [4.78, 5) is 48.3. The van der Waals surface area contributed by atoms with Crippen molar-refractivity contribution in [3.05, 3.63) is 129 Å². The van der Waals surface area contributed by atoms with Crippen molar-refractivity contribution >= 4 is 28.9 Å². The lowest BCUT2D eigenvalue weighted by Crippen LogP contribution is -2.54. The summed E-state index contributed by atoms with van der Waals surface area (Å²) in [6, 6.07) is 27.9. The van der Waals surface area contributed by atoms with Crippen molar-refractivity contribution in [2.75, 3.05) is 26.2 Å². The van der Waals surface area contributed by atoms with Gasteiger partial charge in [-0.05, 0) is 48.2 Å². The molecule has 0 radical (unpaired) electrons. The molecule has 3 aromatic carbocycles. The number of thiophene rings is 1. The highest BCUT2D eigenvalue weighted by atomic mass is 32.1. The Balaban J connectivity index is 1.59. The summed E-state index contributed by atoms with van der Waals surface area (Å²) >= 11 is 1.50. The van der Waals surface area contributed by atoms with Crippen molar-refractivity contribution < 1.29 is 14.4 Å². The molecule has 4 aromatic rings. The monoisotopic (exact) mass is 588 g/mol. The maximum Gasteiger partial charge on any atom is 0.255 e. The molecule has 2 aliphatic rings. The van der Waals surface area contributed by atoms with Crippen LogP contribution in [0.25, 0.3) is 0 Å². The molecule has 0 bridgehead atoms. The Morgan fingerprint density at radius 2 is 1.56 bits per heavy atom. The summed E-state index contributed by atoms with van der Waals surface area (Å²) < 4.78 is 0. The molecule has 2 amide bonds. The Labute approximate surface area is 255 Å². The second kappa shape index (κ2) is 12.3. The zero-order valence-corrected chi connectivity index (χ0v) is 24.7. The van der Waals surface area contributed by atoms with E-state index in [0.717, 1.165) is 10.4 Å². The highest BCUT2D eigenvalue weighted by Crippen LogP contribution is 2.53. The third-order valence-corrected chi connectivity index (χ3v) is 9.47. The van der Waals surface area contributed by atoms with Crippen molar-refractivity contribution in [2.45, 2.75) is 24.9 Å². The molecule has 1 N–H and O–H groups in total. The van der Waals surface area contributed by atoms with Crippen molar-refractivity contribution in [3.8, 4) is 6.07 Å². The van der Waals surface area contributed by atoms with E-state index in [1.807, 2.05) is 71.8 Å². The molecule has 2 saturated heterocycles. The number of carbonyl (C=O) groups excluding carboxylic acids is 3. The molecule has 8 heteroatoms. The first-order chi connectivity index (χ1) is 21.0. The number of hydrogen-bond donors (Lipinski definition) is 1. The second-order valence-electron chi connectivity index (χ2n) is 11.1. The average molecular weight is 589 g/mol. The quantitative estimate of drug-likeness (QED) is 0.312. The number of nitriles is 1. The van der Waals surface area contributed by atoms with Gasteiger partial charge in [-0.2, -0.15) is 5.26 Å². The summed E-state index contributed by atoms with van der Waals surface area (Å²) in [6.45, 7) is 4.36. The van der Waals surface area contributed by atoms with Crippen molar-refractivity contribution in [1.82, 2.24) is 15.1 Å². The molecule has 6 rings (SSSR count). The zero-order valence-electron chi connectivity index (χ0n) is 23.9. The molecule has 43 heavy (non-hydrogen) atoms. The largest absolute Gasteiger partial charge is 0.338 e. The van der Waals surface area contributed by atoms with Crippen LogP contribution in [0.15, 0.2) is 96.4 Å². The van der Waals surface area contributed by atoms with Gasteiger partial charge in [-0.25, -0.2) is 0 Å². The molecule has 1 aromatic heterocycles. The Hall–Kier alpha value is -4.58. The summed E-state index contributed by atoms with van der Waals surface area (Å²) in [5, 5.41) is 14.8. The summed E-state index contributed by atoms with van der Waals surface area (Å²) in [5.74, 6) is -1.87. The van der Waals surface area contributed by atoms with Gasteiger partial charge in [0.15, 0.2) is 5.78 Å². The van der Waals surface area contributed by atoms with Crippen LogP contribution in [0.1, 0.15) is 54.2 Å². The van der Waals surface area contributed by atoms with Gasteiger partial charge in [-0.3, -0.25) is 14.4 Å². The average Bonchev–Trinajstić information content (AvgIpc) is 3.72. The number of benzene rings is 3. The molecule has 0 spiro atoms. The predicted octanol–water partition coefficient (Wildman–Crippen LogP) is 5.21. The van der Waals surface area contributed by atoms with E-state index in [1.54, 1.807) is 41.3 Å². The van der Waals surface area contributed by atoms with Crippen LogP contribution >= 0.6 is 11.3 Å². The number of piperazine rings is 1. The molecule has 7 nitrogen and oxygen atoms in total. The minimum Gasteiger partial charge on any atom is -0.338 e. The fourth-order valence-corrected chi connectivity index (χ4v) is 7.30. The third-order valence-electron chi connectivity index (χ3n) is 8.50. The van der Waals surface area contributed by atoms with Crippen LogP contribution in [0.3, 0.4) is 0 Å². The maximum atomic E-state index is 14.7. The topological polar surface area (TPSA) is 93.5 Å². The van der Waals surface area contributed by atoms with Gasteiger partial charge in [-0.1, -0.05) is 66.2 Å². The lowest BCUT2D eigenvalue weighted by Gasteiger charge is -2.36. The predicted molar refractivity (Wildman–Crippen MR) is 166 cm³/mol. The van der Waals surface area contributed by atoms with Gasteiger partial charge in [0.05, 0.1) is 23.6 Å². The minimum atomic E-state index is -0.899. The van der Waals surface area contributed by atoms with Crippen molar-refractivity contribution in [3.63, 3.8) is 0 Å².